The molecule has 140 valence electrons. The molecule has 0 saturated heterocycles. The zero-order valence-electron chi connectivity index (χ0n) is 15.8. The Morgan fingerprint density at radius 1 is 0.880 bits per heavy atom. The van der Waals surface area contributed by atoms with Gasteiger partial charge in [-0.3, -0.25) is 0 Å². The van der Waals surface area contributed by atoms with Crippen molar-refractivity contribution in [2.75, 3.05) is 6.54 Å². The van der Waals surface area contributed by atoms with E-state index >= 15 is 0 Å². The quantitative estimate of drug-likeness (QED) is 0.180. The van der Waals surface area contributed by atoms with E-state index in [1.54, 1.807) is 12.2 Å². The topological polar surface area (TPSA) is 58.9 Å². The minimum atomic E-state index is 0.141. The molecule has 0 radical (unpaired) electrons. The van der Waals surface area contributed by atoms with Gasteiger partial charge < -0.3 is 0 Å². The van der Waals surface area contributed by atoms with Crippen LogP contribution in [0.15, 0.2) is 22.1 Å². The zero-order valence-corrected chi connectivity index (χ0v) is 15.8. The fraction of sp³-hybridized carbons (Fsp3) is 0.810. The van der Waals surface area contributed by atoms with Gasteiger partial charge in [0.05, 0.1) is 12.6 Å². The van der Waals surface area contributed by atoms with E-state index in [4.69, 9.17) is 0 Å². The van der Waals surface area contributed by atoms with E-state index in [0.717, 1.165) is 25.7 Å². The molecule has 3 unspecified atom stereocenters. The molecule has 3 atom stereocenters. The van der Waals surface area contributed by atoms with Gasteiger partial charge in [0.15, 0.2) is 0 Å². The minimum absolute atomic E-state index is 0.141. The fourth-order valence-corrected chi connectivity index (χ4v) is 3.69. The third kappa shape index (κ3) is 10.2. The van der Waals surface area contributed by atoms with Crippen molar-refractivity contribution in [2.24, 2.45) is 21.8 Å². The number of hydrogen-bond donors (Lipinski definition) is 0. The molecule has 0 fully saturated rings. The van der Waals surface area contributed by atoms with Crippen LogP contribution in [0, 0.1) is 11.8 Å². The number of unbranched alkanes of at least 4 members (excludes halogenated alkanes) is 7. The summed E-state index contributed by atoms with van der Waals surface area (Å²) in [5, 5.41) is 0. The number of isocyanates is 2. The average molecular weight is 347 g/mol. The van der Waals surface area contributed by atoms with Gasteiger partial charge in [-0.05, 0) is 31.6 Å². The van der Waals surface area contributed by atoms with Gasteiger partial charge in [0.2, 0.25) is 12.2 Å². The van der Waals surface area contributed by atoms with Crippen molar-refractivity contribution in [1.29, 1.82) is 0 Å². The molecule has 1 rings (SSSR count). The molecule has 0 aromatic carbocycles. The number of aliphatic imine (C=N–C) groups is 2. The maximum absolute atomic E-state index is 10.7. The van der Waals surface area contributed by atoms with Crippen LogP contribution in [-0.2, 0) is 9.59 Å². The molecule has 0 bridgehead atoms. The number of hydrogen-bond acceptors (Lipinski definition) is 4. The van der Waals surface area contributed by atoms with Crippen molar-refractivity contribution in [1.82, 2.24) is 0 Å². The van der Waals surface area contributed by atoms with Crippen molar-refractivity contribution in [3.8, 4) is 0 Å². The molecule has 1 aliphatic carbocycles. The smallest absolute Gasteiger partial charge is 0.211 e. The van der Waals surface area contributed by atoms with Gasteiger partial charge in [-0.2, -0.15) is 0 Å². The van der Waals surface area contributed by atoms with Gasteiger partial charge >= 0.3 is 0 Å². The second-order valence-electron chi connectivity index (χ2n) is 7.21. The van der Waals surface area contributed by atoms with Crippen LogP contribution in [0.2, 0.25) is 0 Å². The van der Waals surface area contributed by atoms with Gasteiger partial charge in [-0.25, -0.2) is 19.6 Å². The van der Waals surface area contributed by atoms with E-state index in [0.29, 0.717) is 18.4 Å². The molecule has 0 saturated carbocycles. The molecular formula is C21H34N2O2. The van der Waals surface area contributed by atoms with Gasteiger partial charge in [-0.1, -0.05) is 70.4 Å². The Morgan fingerprint density at radius 2 is 1.60 bits per heavy atom. The second-order valence-corrected chi connectivity index (χ2v) is 7.21. The summed E-state index contributed by atoms with van der Waals surface area (Å²) in [6, 6.07) is 0.141. The van der Waals surface area contributed by atoms with Crippen LogP contribution in [0.3, 0.4) is 0 Å². The van der Waals surface area contributed by atoms with Crippen molar-refractivity contribution >= 4 is 12.2 Å². The van der Waals surface area contributed by atoms with Crippen LogP contribution in [0.1, 0.15) is 84.0 Å². The van der Waals surface area contributed by atoms with E-state index in [1.807, 2.05) is 0 Å². The summed E-state index contributed by atoms with van der Waals surface area (Å²) < 4.78 is 0. The van der Waals surface area contributed by atoms with Crippen molar-refractivity contribution in [3.05, 3.63) is 12.2 Å². The summed E-state index contributed by atoms with van der Waals surface area (Å²) in [4.78, 5) is 28.4. The summed E-state index contributed by atoms with van der Waals surface area (Å²) in [5.41, 5.74) is 0. The summed E-state index contributed by atoms with van der Waals surface area (Å²) in [6.07, 6.45) is 22.2. The third-order valence-corrected chi connectivity index (χ3v) is 5.19. The molecule has 0 spiro atoms. The van der Waals surface area contributed by atoms with Crippen LogP contribution < -0.4 is 0 Å². The second kappa shape index (κ2) is 14.8. The molecule has 0 heterocycles. The molecule has 4 nitrogen and oxygen atoms in total. The average Bonchev–Trinajstić information content (AvgIpc) is 2.62. The fourth-order valence-electron chi connectivity index (χ4n) is 3.69. The first kappa shape index (κ1) is 21.5. The predicted molar refractivity (Wildman–Crippen MR) is 102 cm³/mol. The summed E-state index contributed by atoms with van der Waals surface area (Å²) in [5.74, 6) is 0.990. The molecule has 0 N–H and O–H groups in total. The molecule has 1 aliphatic rings. The summed E-state index contributed by atoms with van der Waals surface area (Å²) >= 11 is 0. The van der Waals surface area contributed by atoms with Crippen molar-refractivity contribution in [3.63, 3.8) is 0 Å². The normalized spacial score (nSPS) is 22.2. The maximum Gasteiger partial charge on any atom is 0.235 e. The maximum atomic E-state index is 10.7. The monoisotopic (exact) mass is 346 g/mol. The highest BCUT2D eigenvalue weighted by Gasteiger charge is 2.25. The van der Waals surface area contributed by atoms with E-state index in [9.17, 15) is 9.59 Å². The van der Waals surface area contributed by atoms with Crippen LogP contribution in [0.4, 0.5) is 0 Å². The predicted octanol–water partition coefficient (Wildman–Crippen LogP) is 5.53. The van der Waals surface area contributed by atoms with E-state index < -0.39 is 0 Å². The first-order valence-corrected chi connectivity index (χ1v) is 10.1. The molecule has 0 aromatic rings. The third-order valence-electron chi connectivity index (χ3n) is 5.19. The lowest BCUT2D eigenvalue weighted by molar-refractivity contribution is 0.351. The Balaban J connectivity index is 2.20. The number of nitrogens with zero attached hydrogens (tertiary/aromatic N) is 2. The first-order chi connectivity index (χ1) is 12.3. The van der Waals surface area contributed by atoms with E-state index in [2.05, 4.69) is 29.1 Å². The molecule has 25 heavy (non-hydrogen) atoms. The van der Waals surface area contributed by atoms with Gasteiger partial charge in [0.25, 0.3) is 0 Å². The lowest BCUT2D eigenvalue weighted by Crippen LogP contribution is -2.24. The van der Waals surface area contributed by atoms with Crippen LogP contribution in [-0.4, -0.2) is 24.7 Å². The number of carbonyl (C=O) groups excluding carboxylic acids is 2. The lowest BCUT2D eigenvalue weighted by Gasteiger charge is -2.28. The van der Waals surface area contributed by atoms with E-state index in [1.165, 1.54) is 51.4 Å². The zero-order chi connectivity index (χ0) is 18.2. The Labute approximate surface area is 152 Å². The Bertz CT molecular complexity index is 463. The van der Waals surface area contributed by atoms with E-state index in [-0.39, 0.29) is 6.04 Å². The SMILES string of the molecule is CCCCCC1C=CC(CCCCCCCCN=C=O)CC1N=C=O. The van der Waals surface area contributed by atoms with Crippen molar-refractivity contribution in [2.45, 2.75) is 90.0 Å². The molecule has 0 aromatic heterocycles. The molecule has 0 amide bonds. The van der Waals surface area contributed by atoms with Gasteiger partial charge in [-0.15, -0.1) is 0 Å². The molecular weight excluding hydrogens is 312 g/mol. The molecule has 0 aliphatic heterocycles. The minimum Gasteiger partial charge on any atom is -0.211 e. The largest absolute Gasteiger partial charge is 0.235 e. The Kier molecular flexibility index (Phi) is 12.8. The molecule has 4 heteroatoms. The number of allylic oxidation sites excluding steroid dienone is 1. The highest BCUT2D eigenvalue weighted by molar-refractivity contribution is 5.34. The Morgan fingerprint density at radius 3 is 2.32 bits per heavy atom. The lowest BCUT2D eigenvalue weighted by atomic mass is 9.80. The Hall–Kier alpha value is -1.50. The highest BCUT2D eigenvalue weighted by atomic mass is 16.1. The first-order valence-electron chi connectivity index (χ1n) is 10.1. The van der Waals surface area contributed by atoms with Gasteiger partial charge in [0.1, 0.15) is 0 Å². The standard InChI is InChI=1S/C21H34N2O2/c1-2-3-8-12-20-14-13-19(16-21(20)23-18-25)11-9-6-4-5-7-10-15-22-17-24/h13-14,19-21H,2-12,15-16H2,1H3. The summed E-state index contributed by atoms with van der Waals surface area (Å²) in [7, 11) is 0. The van der Waals surface area contributed by atoms with Crippen LogP contribution >= 0.6 is 0 Å². The highest BCUT2D eigenvalue weighted by Crippen LogP contribution is 2.31. The van der Waals surface area contributed by atoms with Crippen LogP contribution in [0.25, 0.3) is 0 Å². The van der Waals surface area contributed by atoms with Crippen LogP contribution in [0.5, 0.6) is 0 Å². The number of rotatable bonds is 14. The summed E-state index contributed by atoms with van der Waals surface area (Å²) in [6.45, 7) is 2.83. The van der Waals surface area contributed by atoms with Crippen molar-refractivity contribution < 1.29 is 9.59 Å². The van der Waals surface area contributed by atoms with Gasteiger partial charge in [0, 0.05) is 5.92 Å².